The highest BCUT2D eigenvalue weighted by Crippen LogP contribution is 2.11. The summed E-state index contributed by atoms with van der Waals surface area (Å²) in [6, 6.07) is 8.60. The second-order valence-corrected chi connectivity index (χ2v) is 3.29. The van der Waals surface area contributed by atoms with E-state index in [4.69, 9.17) is 9.47 Å². The number of esters is 2. The molecule has 1 rings (SSSR count). The summed E-state index contributed by atoms with van der Waals surface area (Å²) in [5, 5.41) is 0. The lowest BCUT2D eigenvalue weighted by molar-refractivity contribution is -0.143. The predicted octanol–water partition coefficient (Wildman–Crippen LogP) is 2.10. The van der Waals surface area contributed by atoms with Crippen LogP contribution in [0.4, 0.5) is 0 Å². The maximum atomic E-state index is 11.5. The molecule has 4 heteroatoms. The van der Waals surface area contributed by atoms with Crippen molar-refractivity contribution < 1.29 is 19.1 Å². The van der Waals surface area contributed by atoms with Crippen LogP contribution in [0.5, 0.6) is 5.75 Å². The van der Waals surface area contributed by atoms with Crippen LogP contribution in [-0.4, -0.2) is 18.5 Å². The number of hydrogen-bond donors (Lipinski definition) is 0. The van der Waals surface area contributed by atoms with Gasteiger partial charge >= 0.3 is 11.9 Å². The second-order valence-electron chi connectivity index (χ2n) is 3.29. The zero-order valence-corrected chi connectivity index (χ0v) is 9.64. The Labute approximate surface area is 99.8 Å². The normalized spacial score (nSPS) is 9.47. The molecule has 0 aliphatic carbocycles. The highest BCUT2D eigenvalue weighted by molar-refractivity contribution is 5.94. The maximum Gasteiger partial charge on any atom is 0.339 e. The molecule has 0 aliphatic rings. The van der Waals surface area contributed by atoms with E-state index in [0.29, 0.717) is 5.75 Å². The van der Waals surface area contributed by atoms with E-state index in [9.17, 15) is 9.59 Å². The lowest BCUT2D eigenvalue weighted by atomic mass is 10.2. The average Bonchev–Trinajstić information content (AvgIpc) is 2.30. The molecule has 0 radical (unpaired) electrons. The zero-order valence-electron chi connectivity index (χ0n) is 9.64. The first kappa shape index (κ1) is 13.0. The molecule has 0 heterocycles. The first-order chi connectivity index (χ1) is 8.13. The minimum absolute atomic E-state index is 0.0762. The number of para-hydroxylation sites is 1. The Hall–Kier alpha value is -2.10. The molecule has 0 atom stereocenters. The number of carbonyl (C=O) groups excluding carboxylic acids is 2. The first-order valence-corrected chi connectivity index (χ1v) is 5.24. The van der Waals surface area contributed by atoms with Gasteiger partial charge in [-0.25, -0.2) is 4.79 Å². The van der Waals surface area contributed by atoms with Gasteiger partial charge in [-0.2, -0.15) is 0 Å². The molecular formula is C13H14O4. The molecule has 1 aromatic rings. The summed E-state index contributed by atoms with van der Waals surface area (Å²) in [5.74, 6) is -0.686. The number of benzene rings is 1. The summed E-state index contributed by atoms with van der Waals surface area (Å²) in [7, 11) is 0. The smallest absolute Gasteiger partial charge is 0.339 e. The Balaban J connectivity index is 2.48. The Morgan fingerprint density at radius 1 is 1.24 bits per heavy atom. The molecule has 0 bridgehead atoms. The van der Waals surface area contributed by atoms with Gasteiger partial charge in [0.15, 0.2) is 0 Å². The van der Waals surface area contributed by atoms with Gasteiger partial charge in [0, 0.05) is 5.57 Å². The third-order valence-corrected chi connectivity index (χ3v) is 1.91. The lowest BCUT2D eigenvalue weighted by Gasteiger charge is -2.06. The standard InChI is InChI=1S/C13H14O4/c1-3-16-12(14)9-10(2)13(15)17-11-7-5-4-6-8-11/h4-8H,2-3,9H2,1H3. The number of rotatable bonds is 5. The van der Waals surface area contributed by atoms with Gasteiger partial charge in [-0.3, -0.25) is 4.79 Å². The van der Waals surface area contributed by atoms with Gasteiger partial charge in [-0.05, 0) is 19.1 Å². The maximum absolute atomic E-state index is 11.5. The molecule has 0 aliphatic heterocycles. The van der Waals surface area contributed by atoms with Crippen LogP contribution in [0.2, 0.25) is 0 Å². The van der Waals surface area contributed by atoms with E-state index in [1.54, 1.807) is 31.2 Å². The zero-order chi connectivity index (χ0) is 12.7. The molecule has 0 unspecified atom stereocenters. The van der Waals surface area contributed by atoms with Crippen LogP contribution in [-0.2, 0) is 14.3 Å². The van der Waals surface area contributed by atoms with Gasteiger partial charge < -0.3 is 9.47 Å². The summed E-state index contributed by atoms with van der Waals surface area (Å²) < 4.78 is 9.71. The van der Waals surface area contributed by atoms with Crippen molar-refractivity contribution in [2.24, 2.45) is 0 Å². The molecule has 0 fully saturated rings. The van der Waals surface area contributed by atoms with Crippen LogP contribution in [0.25, 0.3) is 0 Å². The van der Waals surface area contributed by atoms with Crippen LogP contribution in [0, 0.1) is 0 Å². The minimum Gasteiger partial charge on any atom is -0.466 e. The SMILES string of the molecule is C=C(CC(=O)OCC)C(=O)Oc1ccccc1. The minimum atomic E-state index is -0.621. The fourth-order valence-electron chi connectivity index (χ4n) is 1.13. The molecule has 0 spiro atoms. The van der Waals surface area contributed by atoms with E-state index >= 15 is 0 Å². The van der Waals surface area contributed by atoms with Crippen molar-refractivity contribution in [3.8, 4) is 5.75 Å². The summed E-state index contributed by atoms with van der Waals surface area (Å²) in [6.45, 7) is 5.47. The van der Waals surface area contributed by atoms with Crippen LogP contribution < -0.4 is 4.74 Å². The average molecular weight is 234 g/mol. The van der Waals surface area contributed by atoms with Gasteiger partial charge in [-0.1, -0.05) is 24.8 Å². The van der Waals surface area contributed by atoms with Crippen LogP contribution in [0.3, 0.4) is 0 Å². The summed E-state index contributed by atoms with van der Waals surface area (Å²) >= 11 is 0. The van der Waals surface area contributed by atoms with E-state index in [0.717, 1.165) is 0 Å². The summed E-state index contributed by atoms with van der Waals surface area (Å²) in [4.78, 5) is 22.6. The number of ether oxygens (including phenoxy) is 2. The Kier molecular flexibility index (Phi) is 4.94. The Morgan fingerprint density at radius 3 is 2.47 bits per heavy atom. The molecule has 90 valence electrons. The topological polar surface area (TPSA) is 52.6 Å². The molecule has 4 nitrogen and oxygen atoms in total. The largest absolute Gasteiger partial charge is 0.466 e. The molecule has 1 aromatic carbocycles. The van der Waals surface area contributed by atoms with Crippen molar-refractivity contribution in [1.29, 1.82) is 0 Å². The molecule has 0 saturated carbocycles. The lowest BCUT2D eigenvalue weighted by Crippen LogP contribution is -2.15. The van der Waals surface area contributed by atoms with E-state index < -0.39 is 11.9 Å². The van der Waals surface area contributed by atoms with Gasteiger partial charge in [0.25, 0.3) is 0 Å². The summed E-state index contributed by atoms with van der Waals surface area (Å²) in [6.07, 6.45) is -0.153. The van der Waals surface area contributed by atoms with Crippen LogP contribution in [0.15, 0.2) is 42.5 Å². The first-order valence-electron chi connectivity index (χ1n) is 5.24. The third-order valence-electron chi connectivity index (χ3n) is 1.91. The van der Waals surface area contributed by atoms with Gasteiger partial charge in [0.05, 0.1) is 13.0 Å². The fourth-order valence-corrected chi connectivity index (χ4v) is 1.13. The fraction of sp³-hybridized carbons (Fsp3) is 0.231. The Morgan fingerprint density at radius 2 is 1.88 bits per heavy atom. The predicted molar refractivity (Wildman–Crippen MR) is 62.5 cm³/mol. The molecule has 0 saturated heterocycles. The van der Waals surface area contributed by atoms with Crippen LogP contribution in [0.1, 0.15) is 13.3 Å². The monoisotopic (exact) mass is 234 g/mol. The molecule has 0 aromatic heterocycles. The molecule has 0 amide bonds. The third kappa shape index (κ3) is 4.51. The van der Waals surface area contributed by atoms with Gasteiger partial charge in [0.2, 0.25) is 0 Å². The van der Waals surface area contributed by atoms with Crippen LogP contribution >= 0.6 is 0 Å². The van der Waals surface area contributed by atoms with Crippen molar-refractivity contribution in [3.05, 3.63) is 42.5 Å². The van der Waals surface area contributed by atoms with Crippen molar-refractivity contribution in [2.75, 3.05) is 6.61 Å². The van der Waals surface area contributed by atoms with Crippen molar-refractivity contribution >= 4 is 11.9 Å². The van der Waals surface area contributed by atoms with E-state index in [1.807, 2.05) is 6.07 Å². The number of hydrogen-bond acceptors (Lipinski definition) is 4. The quantitative estimate of drug-likeness (QED) is 0.445. The van der Waals surface area contributed by atoms with Crippen molar-refractivity contribution in [1.82, 2.24) is 0 Å². The van der Waals surface area contributed by atoms with Crippen molar-refractivity contribution in [3.63, 3.8) is 0 Å². The molecule has 0 N–H and O–H groups in total. The Bertz CT molecular complexity index is 409. The summed E-state index contributed by atoms with van der Waals surface area (Å²) in [5.41, 5.74) is 0.0762. The van der Waals surface area contributed by atoms with E-state index in [-0.39, 0.29) is 18.6 Å². The molecular weight excluding hydrogens is 220 g/mol. The molecule has 17 heavy (non-hydrogen) atoms. The van der Waals surface area contributed by atoms with E-state index in [2.05, 4.69) is 6.58 Å². The van der Waals surface area contributed by atoms with Gasteiger partial charge in [-0.15, -0.1) is 0 Å². The van der Waals surface area contributed by atoms with E-state index in [1.165, 1.54) is 0 Å². The second kappa shape index (κ2) is 6.48. The number of carbonyl (C=O) groups is 2. The van der Waals surface area contributed by atoms with Gasteiger partial charge in [0.1, 0.15) is 5.75 Å². The highest BCUT2D eigenvalue weighted by atomic mass is 16.5. The highest BCUT2D eigenvalue weighted by Gasteiger charge is 2.14. The van der Waals surface area contributed by atoms with Crippen molar-refractivity contribution in [2.45, 2.75) is 13.3 Å².